The van der Waals surface area contributed by atoms with Gasteiger partial charge in [-0.3, -0.25) is 0 Å². The van der Waals surface area contributed by atoms with Gasteiger partial charge in [-0.15, -0.1) is 11.3 Å². The number of aromatic nitrogens is 1. The molecule has 0 fully saturated rings. The largest absolute Gasteiger partial charge is 0.500 e. The predicted octanol–water partition coefficient (Wildman–Crippen LogP) is 4.85. The van der Waals surface area contributed by atoms with Gasteiger partial charge >= 0.3 is 18.3 Å². The monoisotopic (exact) mass is 419 g/mol. The zero-order valence-electron chi connectivity index (χ0n) is 15.1. The molecule has 0 saturated carbocycles. The lowest BCUT2D eigenvalue weighted by Gasteiger charge is -2.13. The zero-order valence-corrected chi connectivity index (χ0v) is 15.9. The van der Waals surface area contributed by atoms with Crippen LogP contribution in [0.3, 0.4) is 0 Å². The van der Waals surface area contributed by atoms with Crippen LogP contribution in [0.5, 0.6) is 5.88 Å². The van der Waals surface area contributed by atoms with Gasteiger partial charge in [-0.05, 0) is 25.0 Å². The molecule has 1 N–H and O–H groups in total. The van der Waals surface area contributed by atoms with Gasteiger partial charge in [0.1, 0.15) is 17.9 Å². The summed E-state index contributed by atoms with van der Waals surface area (Å²) < 4.78 is 62.4. The second-order valence-electron chi connectivity index (χ2n) is 5.69. The number of ether oxygens (including phenoxy) is 2. The first-order chi connectivity index (χ1) is 13.1. The lowest BCUT2D eigenvalue weighted by molar-refractivity contribution is -0.135. The van der Waals surface area contributed by atoms with E-state index in [9.17, 15) is 27.5 Å². The molecule has 1 aromatic carbocycles. The van der Waals surface area contributed by atoms with E-state index in [0.717, 1.165) is 0 Å². The average Bonchev–Trinajstić information content (AvgIpc) is 3.02. The number of allylic oxidation sites excluding steroid dienone is 1. The summed E-state index contributed by atoms with van der Waals surface area (Å²) >= 11 is 0.419. The highest BCUT2D eigenvalue weighted by atomic mass is 32.1. The smallest absolute Gasteiger partial charge is 0.358 e. The molecule has 0 radical (unpaired) electrons. The van der Waals surface area contributed by atoms with E-state index in [4.69, 9.17) is 9.47 Å². The summed E-state index contributed by atoms with van der Waals surface area (Å²) in [7, 11) is 1.33. The standard InChI is InChI=1S/C18H17F4NO4S/c1-9(26-3)13(15(24)25)12-7-5-4-6-11(12)8-27-14-10(2)28-17(23-14)18(21,22)16(19)20/h4-7,16H,8H2,1-3H3,(H,24,25). The number of alkyl halides is 4. The highest BCUT2D eigenvalue weighted by molar-refractivity contribution is 7.12. The number of thiazole rings is 1. The van der Waals surface area contributed by atoms with Crippen LogP contribution < -0.4 is 4.74 Å². The average molecular weight is 419 g/mol. The van der Waals surface area contributed by atoms with Crippen molar-refractivity contribution in [2.75, 3.05) is 7.11 Å². The van der Waals surface area contributed by atoms with Crippen molar-refractivity contribution in [3.63, 3.8) is 0 Å². The molecule has 2 rings (SSSR count). The van der Waals surface area contributed by atoms with Crippen LogP contribution in [0, 0.1) is 6.92 Å². The molecule has 1 heterocycles. The maximum Gasteiger partial charge on any atom is 0.358 e. The maximum atomic E-state index is 13.5. The summed E-state index contributed by atoms with van der Waals surface area (Å²) in [5.74, 6) is -5.62. The van der Waals surface area contributed by atoms with Gasteiger partial charge < -0.3 is 14.6 Å². The molecule has 10 heteroatoms. The van der Waals surface area contributed by atoms with Gasteiger partial charge in [0.2, 0.25) is 5.88 Å². The van der Waals surface area contributed by atoms with Crippen LogP contribution in [0.15, 0.2) is 30.0 Å². The molecule has 0 unspecified atom stereocenters. The van der Waals surface area contributed by atoms with Crippen molar-refractivity contribution in [1.82, 2.24) is 4.98 Å². The molecular weight excluding hydrogens is 402 g/mol. The number of carboxylic acids is 1. The predicted molar refractivity (Wildman–Crippen MR) is 94.8 cm³/mol. The van der Waals surface area contributed by atoms with Crippen LogP contribution >= 0.6 is 11.3 Å². The van der Waals surface area contributed by atoms with Gasteiger partial charge in [-0.1, -0.05) is 24.3 Å². The molecule has 1 aromatic heterocycles. The van der Waals surface area contributed by atoms with Crippen molar-refractivity contribution in [1.29, 1.82) is 0 Å². The third-order valence-corrected chi connectivity index (χ3v) is 4.87. The number of aliphatic carboxylic acids is 1. The van der Waals surface area contributed by atoms with Crippen LogP contribution in [0.25, 0.3) is 5.57 Å². The second kappa shape index (κ2) is 8.59. The van der Waals surface area contributed by atoms with Crippen molar-refractivity contribution in [3.05, 3.63) is 51.0 Å². The first kappa shape index (κ1) is 21.7. The molecule has 28 heavy (non-hydrogen) atoms. The number of rotatable bonds is 8. The minimum Gasteiger partial charge on any atom is -0.500 e. The highest BCUT2D eigenvalue weighted by Crippen LogP contribution is 2.40. The normalized spacial score (nSPS) is 12.7. The number of hydrogen-bond donors (Lipinski definition) is 1. The molecule has 5 nitrogen and oxygen atoms in total. The van der Waals surface area contributed by atoms with Gasteiger partial charge in [0, 0.05) is 0 Å². The fourth-order valence-corrected chi connectivity index (χ4v) is 3.18. The Morgan fingerprint density at radius 1 is 1.32 bits per heavy atom. The number of carboxylic acid groups (broad SMARTS) is 1. The molecule has 0 spiro atoms. The van der Waals surface area contributed by atoms with Gasteiger partial charge in [0.25, 0.3) is 0 Å². The number of nitrogens with zero attached hydrogens (tertiary/aromatic N) is 1. The number of aryl methyl sites for hydroxylation is 1. The lowest BCUT2D eigenvalue weighted by Crippen LogP contribution is -2.23. The number of carbonyl (C=O) groups is 1. The summed E-state index contributed by atoms with van der Waals surface area (Å²) in [6, 6.07) is 6.42. The SMILES string of the molecule is COC(C)=C(C(=O)O)c1ccccc1COc1nc(C(F)(F)C(F)F)sc1C. The lowest BCUT2D eigenvalue weighted by atomic mass is 9.99. The Morgan fingerprint density at radius 2 is 1.96 bits per heavy atom. The third kappa shape index (κ3) is 4.44. The Labute approximate surface area is 162 Å². The van der Waals surface area contributed by atoms with Crippen LogP contribution in [0.4, 0.5) is 17.6 Å². The fourth-order valence-electron chi connectivity index (χ4n) is 2.35. The molecule has 0 saturated heterocycles. The van der Waals surface area contributed by atoms with Crippen LogP contribution in [-0.2, 0) is 22.1 Å². The van der Waals surface area contributed by atoms with Gasteiger partial charge in [0.15, 0.2) is 5.01 Å². The van der Waals surface area contributed by atoms with Crippen LogP contribution in [0.1, 0.15) is 27.9 Å². The quantitative estimate of drug-likeness (QED) is 0.376. The number of methoxy groups -OCH3 is 1. The molecule has 152 valence electrons. The summed E-state index contributed by atoms with van der Waals surface area (Å²) in [4.78, 5) is 15.3. The maximum absolute atomic E-state index is 13.5. The molecular formula is C18H17F4NO4S. The van der Waals surface area contributed by atoms with Gasteiger partial charge in [-0.25, -0.2) is 13.6 Å². The molecule has 0 aliphatic rings. The van der Waals surface area contributed by atoms with Crippen molar-refractivity contribution >= 4 is 22.9 Å². The molecule has 0 atom stereocenters. The molecule has 0 aliphatic heterocycles. The number of halogens is 4. The van der Waals surface area contributed by atoms with E-state index in [1.54, 1.807) is 24.3 Å². The van der Waals surface area contributed by atoms with Crippen molar-refractivity contribution in [2.45, 2.75) is 32.8 Å². The molecule has 0 aliphatic carbocycles. The first-order valence-electron chi connectivity index (χ1n) is 7.92. The van der Waals surface area contributed by atoms with Crippen molar-refractivity contribution in [3.8, 4) is 5.88 Å². The van der Waals surface area contributed by atoms with Crippen LogP contribution in [-0.4, -0.2) is 29.6 Å². The van der Waals surface area contributed by atoms with Gasteiger partial charge in [-0.2, -0.15) is 13.8 Å². The van der Waals surface area contributed by atoms with Gasteiger partial charge in [0.05, 0.1) is 12.0 Å². The van der Waals surface area contributed by atoms with E-state index in [2.05, 4.69) is 4.98 Å². The van der Waals surface area contributed by atoms with Crippen molar-refractivity contribution < 1.29 is 36.9 Å². The summed E-state index contributed by atoms with van der Waals surface area (Å²) in [6.07, 6.45) is -3.88. The minimum atomic E-state index is -4.37. The van der Waals surface area contributed by atoms with E-state index in [-0.39, 0.29) is 28.7 Å². The van der Waals surface area contributed by atoms with E-state index in [0.29, 0.717) is 22.5 Å². The van der Waals surface area contributed by atoms with Crippen LogP contribution in [0.2, 0.25) is 0 Å². The fraction of sp³-hybridized carbons (Fsp3) is 0.333. The van der Waals surface area contributed by atoms with E-state index >= 15 is 0 Å². The van der Waals surface area contributed by atoms with E-state index in [1.165, 1.54) is 21.0 Å². The second-order valence-corrected chi connectivity index (χ2v) is 6.89. The number of benzene rings is 1. The summed E-state index contributed by atoms with van der Waals surface area (Å²) in [5, 5.41) is 8.45. The van der Waals surface area contributed by atoms with E-state index in [1.807, 2.05) is 0 Å². The van der Waals surface area contributed by atoms with Crippen molar-refractivity contribution in [2.24, 2.45) is 0 Å². The molecule has 2 aromatic rings. The van der Waals surface area contributed by atoms with E-state index < -0.39 is 23.3 Å². The summed E-state index contributed by atoms with van der Waals surface area (Å²) in [6.45, 7) is 2.71. The Balaban J connectivity index is 2.33. The topological polar surface area (TPSA) is 68.7 Å². The Kier molecular flexibility index (Phi) is 6.65. The number of hydrogen-bond acceptors (Lipinski definition) is 5. The first-order valence-corrected chi connectivity index (χ1v) is 8.74. The molecule has 0 bridgehead atoms. The molecule has 0 amide bonds. The Hall–Kier alpha value is -2.62. The third-order valence-electron chi connectivity index (χ3n) is 3.84. The Bertz CT molecular complexity index is 895. The Morgan fingerprint density at radius 3 is 2.54 bits per heavy atom. The zero-order chi connectivity index (χ0) is 21.1. The highest BCUT2D eigenvalue weighted by Gasteiger charge is 2.46. The summed E-state index contributed by atoms with van der Waals surface area (Å²) in [5.41, 5.74) is 0.674. The minimum absolute atomic E-state index is 0.0818.